The van der Waals surface area contributed by atoms with Crippen LogP contribution in [-0.2, 0) is 12.7 Å². The van der Waals surface area contributed by atoms with Crippen LogP contribution in [0.3, 0.4) is 0 Å². The Bertz CT molecular complexity index is 815. The topological polar surface area (TPSA) is 56.4 Å². The molecule has 0 aliphatic rings. The summed E-state index contributed by atoms with van der Waals surface area (Å²) in [5.41, 5.74) is -0.155. The highest BCUT2D eigenvalue weighted by molar-refractivity contribution is 6.32. The lowest BCUT2D eigenvalue weighted by atomic mass is 10.3. The smallest absolute Gasteiger partial charge is 0.283 e. The standard InChI is InChI=1S/C13H9ClF3N5/c14-9-5-8(13(15,16)17)6-18-12(9)19-7-11-21-20-10-3-1-2-4-22(10)11/h1-6H,7H2,(H,18,19)/p+1. The van der Waals surface area contributed by atoms with Gasteiger partial charge in [-0.2, -0.15) is 13.2 Å². The highest BCUT2D eigenvalue weighted by atomic mass is 35.5. The van der Waals surface area contributed by atoms with E-state index in [1.54, 1.807) is 16.7 Å². The molecule has 0 aliphatic carbocycles. The molecule has 0 saturated carbocycles. The van der Waals surface area contributed by atoms with E-state index in [2.05, 4.69) is 20.5 Å². The molecule has 0 aliphatic heterocycles. The van der Waals surface area contributed by atoms with Crippen LogP contribution < -0.4 is 10.3 Å². The first-order valence-corrected chi connectivity index (χ1v) is 6.64. The Morgan fingerprint density at radius 1 is 1.27 bits per heavy atom. The summed E-state index contributed by atoms with van der Waals surface area (Å²) in [5.74, 6) is 0.891. The van der Waals surface area contributed by atoms with E-state index in [4.69, 9.17) is 11.6 Å². The van der Waals surface area contributed by atoms with Crippen molar-refractivity contribution in [2.24, 2.45) is 0 Å². The normalized spacial score (nSPS) is 11.8. The zero-order chi connectivity index (χ0) is 15.7. The summed E-state index contributed by atoms with van der Waals surface area (Å²) in [6.07, 6.45) is -1.79. The van der Waals surface area contributed by atoms with Crippen LogP contribution in [0.1, 0.15) is 11.4 Å². The molecule has 3 aromatic rings. The Kier molecular flexibility index (Phi) is 3.61. The second-order valence-corrected chi connectivity index (χ2v) is 4.91. The minimum absolute atomic E-state index is 0.0522. The molecule has 0 fully saturated rings. The molecule has 0 spiro atoms. The number of aromatic amines is 1. The Morgan fingerprint density at radius 3 is 2.82 bits per heavy atom. The predicted octanol–water partition coefficient (Wildman–Crippen LogP) is 2.83. The summed E-state index contributed by atoms with van der Waals surface area (Å²) in [6.45, 7) is 0.257. The summed E-state index contributed by atoms with van der Waals surface area (Å²) in [5, 5.41) is 10.8. The highest BCUT2D eigenvalue weighted by Gasteiger charge is 2.32. The number of halogens is 4. The zero-order valence-electron chi connectivity index (χ0n) is 11.0. The third-order valence-corrected chi connectivity index (χ3v) is 3.33. The Hall–Kier alpha value is -2.35. The maximum atomic E-state index is 12.6. The van der Waals surface area contributed by atoms with E-state index in [1.807, 2.05) is 12.1 Å². The van der Waals surface area contributed by atoms with Gasteiger partial charge < -0.3 is 0 Å². The number of rotatable bonds is 3. The third kappa shape index (κ3) is 2.82. The van der Waals surface area contributed by atoms with Gasteiger partial charge in [-0.1, -0.05) is 17.7 Å². The fraction of sp³-hybridized carbons (Fsp3) is 0.154. The van der Waals surface area contributed by atoms with Crippen molar-refractivity contribution in [3.8, 4) is 0 Å². The zero-order valence-corrected chi connectivity index (χ0v) is 11.8. The number of H-pyrrole nitrogens is 1. The molecule has 0 atom stereocenters. The number of nitrogens with one attached hydrogen (secondary N) is 2. The van der Waals surface area contributed by atoms with Crippen LogP contribution >= 0.6 is 11.6 Å². The van der Waals surface area contributed by atoms with E-state index in [-0.39, 0.29) is 17.4 Å². The number of aromatic nitrogens is 4. The van der Waals surface area contributed by atoms with Gasteiger partial charge in [0.2, 0.25) is 0 Å². The van der Waals surface area contributed by atoms with E-state index in [9.17, 15) is 13.2 Å². The number of fused-ring (bicyclic) bond motifs is 1. The van der Waals surface area contributed by atoms with E-state index >= 15 is 0 Å². The number of nitrogens with zero attached hydrogens (tertiary/aromatic N) is 3. The van der Waals surface area contributed by atoms with E-state index in [1.165, 1.54) is 0 Å². The number of anilines is 1. The second kappa shape index (κ2) is 5.45. The van der Waals surface area contributed by atoms with Gasteiger partial charge in [0.05, 0.1) is 5.56 Å². The molecule has 0 radical (unpaired) electrons. The molecular formula is C13H10ClF3N5+. The molecule has 9 heteroatoms. The first kappa shape index (κ1) is 14.6. The van der Waals surface area contributed by atoms with Crippen LogP contribution in [0.2, 0.25) is 5.02 Å². The summed E-state index contributed by atoms with van der Waals surface area (Å²) >= 11 is 5.86. The fourth-order valence-corrected chi connectivity index (χ4v) is 2.19. The monoisotopic (exact) mass is 328 g/mol. The van der Waals surface area contributed by atoms with Gasteiger partial charge in [-0.05, 0) is 18.2 Å². The van der Waals surface area contributed by atoms with Crippen molar-refractivity contribution in [3.63, 3.8) is 0 Å². The molecule has 22 heavy (non-hydrogen) atoms. The van der Waals surface area contributed by atoms with Crippen LogP contribution in [0.25, 0.3) is 5.65 Å². The van der Waals surface area contributed by atoms with Crippen molar-refractivity contribution in [2.75, 3.05) is 5.32 Å². The number of hydrogen-bond donors (Lipinski definition) is 1. The predicted molar refractivity (Wildman–Crippen MR) is 73.3 cm³/mol. The summed E-state index contributed by atoms with van der Waals surface area (Å²) in [6, 6.07) is 6.33. The molecule has 5 nitrogen and oxygen atoms in total. The molecular weight excluding hydrogens is 319 g/mol. The van der Waals surface area contributed by atoms with Gasteiger partial charge in [0.25, 0.3) is 5.82 Å². The van der Waals surface area contributed by atoms with Gasteiger partial charge in [0.1, 0.15) is 17.8 Å². The highest BCUT2D eigenvalue weighted by Crippen LogP contribution is 2.31. The minimum atomic E-state index is -4.44. The maximum Gasteiger partial charge on any atom is 0.419 e. The lowest BCUT2D eigenvalue weighted by molar-refractivity contribution is -0.364. The van der Waals surface area contributed by atoms with Crippen LogP contribution in [-0.4, -0.2) is 14.6 Å². The molecule has 114 valence electrons. The lowest BCUT2D eigenvalue weighted by Crippen LogP contribution is -2.18. The second-order valence-electron chi connectivity index (χ2n) is 4.51. The Labute approximate surface area is 127 Å². The molecule has 0 amide bonds. The minimum Gasteiger partial charge on any atom is -0.283 e. The van der Waals surface area contributed by atoms with Crippen LogP contribution in [0.4, 0.5) is 19.0 Å². The van der Waals surface area contributed by atoms with Crippen LogP contribution in [0, 0.1) is 0 Å². The SMILES string of the molecule is FC(F)(F)c1c[nH+]c(NCc2nnc3ccccn23)c(Cl)c1. The summed E-state index contributed by atoms with van der Waals surface area (Å²) in [4.78, 5) is 2.50. The first-order chi connectivity index (χ1) is 10.4. The lowest BCUT2D eigenvalue weighted by Gasteiger charge is -2.06. The van der Waals surface area contributed by atoms with E-state index in [0.717, 1.165) is 12.3 Å². The van der Waals surface area contributed by atoms with Crippen molar-refractivity contribution < 1.29 is 18.2 Å². The van der Waals surface area contributed by atoms with Crippen LogP contribution in [0.15, 0.2) is 36.7 Å². The Morgan fingerprint density at radius 2 is 2.09 bits per heavy atom. The van der Waals surface area contributed by atoms with Crippen molar-refractivity contribution in [2.45, 2.75) is 12.7 Å². The third-order valence-electron chi connectivity index (χ3n) is 3.03. The number of hydrogen-bond acceptors (Lipinski definition) is 3. The average Bonchev–Trinajstić information content (AvgIpc) is 2.88. The van der Waals surface area contributed by atoms with Crippen molar-refractivity contribution in [1.82, 2.24) is 14.6 Å². The number of pyridine rings is 2. The van der Waals surface area contributed by atoms with Crippen molar-refractivity contribution >= 4 is 23.1 Å². The van der Waals surface area contributed by atoms with Gasteiger partial charge >= 0.3 is 6.18 Å². The molecule has 0 bridgehead atoms. The van der Waals surface area contributed by atoms with E-state index < -0.39 is 11.7 Å². The van der Waals surface area contributed by atoms with Gasteiger partial charge in [0.15, 0.2) is 11.5 Å². The van der Waals surface area contributed by atoms with Gasteiger partial charge in [0, 0.05) is 6.20 Å². The Balaban J connectivity index is 1.79. The first-order valence-electron chi connectivity index (χ1n) is 6.26. The van der Waals surface area contributed by atoms with Crippen LogP contribution in [0.5, 0.6) is 0 Å². The quantitative estimate of drug-likeness (QED) is 0.804. The summed E-state index contributed by atoms with van der Waals surface area (Å²) in [7, 11) is 0. The molecule has 3 heterocycles. The molecule has 0 aromatic carbocycles. The number of alkyl halides is 3. The molecule has 3 rings (SSSR count). The van der Waals surface area contributed by atoms with Gasteiger partial charge in [-0.15, -0.1) is 10.2 Å². The van der Waals surface area contributed by atoms with Crippen molar-refractivity contribution in [1.29, 1.82) is 0 Å². The fourth-order valence-electron chi connectivity index (χ4n) is 1.95. The van der Waals surface area contributed by atoms with Crippen molar-refractivity contribution in [3.05, 3.63) is 53.1 Å². The molecule has 2 N–H and O–H groups in total. The summed E-state index contributed by atoms with van der Waals surface area (Å²) < 4.78 is 39.5. The van der Waals surface area contributed by atoms with E-state index in [0.29, 0.717) is 11.5 Å². The maximum absolute atomic E-state index is 12.6. The van der Waals surface area contributed by atoms with Gasteiger partial charge in [-0.25, -0.2) is 4.98 Å². The van der Waals surface area contributed by atoms with Gasteiger partial charge in [-0.3, -0.25) is 9.72 Å². The molecule has 3 aromatic heterocycles. The average molecular weight is 329 g/mol. The molecule has 0 saturated heterocycles. The molecule has 0 unspecified atom stereocenters. The largest absolute Gasteiger partial charge is 0.419 e.